The van der Waals surface area contributed by atoms with Crippen molar-refractivity contribution in [3.05, 3.63) is 0 Å². The molecule has 0 radical (unpaired) electrons. The van der Waals surface area contributed by atoms with Crippen LogP contribution in [-0.4, -0.2) is 40.7 Å². The van der Waals surface area contributed by atoms with E-state index in [9.17, 15) is 0 Å². The van der Waals surface area contributed by atoms with E-state index in [4.69, 9.17) is 5.26 Å². The average molecular weight is 265 g/mol. The summed E-state index contributed by atoms with van der Waals surface area (Å²) in [5.74, 6) is 0. The summed E-state index contributed by atoms with van der Waals surface area (Å²) in [6, 6.07) is 2.17. The molecule has 0 amide bonds. The smallest absolute Gasteiger partial charge is 0.0635 e. The van der Waals surface area contributed by atoms with Crippen LogP contribution in [0.5, 0.6) is 0 Å². The van der Waals surface area contributed by atoms with Gasteiger partial charge in [0.05, 0.1) is 6.07 Å². The van der Waals surface area contributed by atoms with E-state index >= 15 is 0 Å². The number of halogens is 1. The molecule has 0 aliphatic carbocycles. The molecular formula is C7H12IN3. The van der Waals surface area contributed by atoms with Crippen molar-refractivity contribution < 1.29 is 0 Å². The zero-order valence-electron chi connectivity index (χ0n) is 6.46. The van der Waals surface area contributed by atoms with Gasteiger partial charge in [-0.2, -0.15) is 5.26 Å². The van der Waals surface area contributed by atoms with Crippen LogP contribution in [0.25, 0.3) is 0 Å². The molecule has 4 heteroatoms. The van der Waals surface area contributed by atoms with Crippen LogP contribution in [0.4, 0.5) is 0 Å². The Labute approximate surface area is 81.5 Å². The molecule has 1 rings (SSSR count). The summed E-state index contributed by atoms with van der Waals surface area (Å²) in [7, 11) is 0. The van der Waals surface area contributed by atoms with Crippen molar-refractivity contribution >= 4 is 22.9 Å². The van der Waals surface area contributed by atoms with E-state index in [1.807, 2.05) is 0 Å². The number of hydrogen-bond acceptors (Lipinski definition) is 3. The average Bonchev–Trinajstić information content (AvgIpc) is 2.04. The van der Waals surface area contributed by atoms with Crippen LogP contribution in [0.15, 0.2) is 0 Å². The van der Waals surface area contributed by atoms with E-state index in [-0.39, 0.29) is 0 Å². The summed E-state index contributed by atoms with van der Waals surface area (Å²) in [6.45, 7) is 5.44. The SMILES string of the molecule is N#CCCN1CCN(I)CC1. The van der Waals surface area contributed by atoms with Gasteiger partial charge in [0.2, 0.25) is 0 Å². The third-order valence-corrected chi connectivity index (χ3v) is 2.82. The van der Waals surface area contributed by atoms with E-state index in [1.54, 1.807) is 0 Å². The Hall–Kier alpha value is 0.140. The van der Waals surface area contributed by atoms with Gasteiger partial charge in [0.1, 0.15) is 0 Å². The minimum Gasteiger partial charge on any atom is -0.300 e. The van der Waals surface area contributed by atoms with Crippen LogP contribution >= 0.6 is 22.9 Å². The highest BCUT2D eigenvalue weighted by Crippen LogP contribution is 2.05. The van der Waals surface area contributed by atoms with Gasteiger partial charge >= 0.3 is 0 Å². The second kappa shape index (κ2) is 4.91. The van der Waals surface area contributed by atoms with Gasteiger partial charge in [-0.25, -0.2) is 3.11 Å². The second-order valence-electron chi connectivity index (χ2n) is 2.66. The minimum atomic E-state index is 0.668. The van der Waals surface area contributed by atoms with Gasteiger partial charge in [0, 0.05) is 62.0 Å². The van der Waals surface area contributed by atoms with Crippen molar-refractivity contribution in [2.24, 2.45) is 0 Å². The lowest BCUT2D eigenvalue weighted by atomic mass is 10.3. The lowest BCUT2D eigenvalue weighted by Crippen LogP contribution is -2.42. The van der Waals surface area contributed by atoms with E-state index in [0.29, 0.717) is 6.42 Å². The summed E-state index contributed by atoms with van der Waals surface area (Å²) < 4.78 is 2.29. The summed E-state index contributed by atoms with van der Waals surface area (Å²) in [5.41, 5.74) is 0. The normalized spacial score (nSPS) is 21.5. The van der Waals surface area contributed by atoms with Crippen molar-refractivity contribution in [3.8, 4) is 6.07 Å². The molecule has 0 saturated carbocycles. The van der Waals surface area contributed by atoms with Crippen molar-refractivity contribution in [1.29, 1.82) is 5.26 Å². The van der Waals surface area contributed by atoms with Gasteiger partial charge in [0.25, 0.3) is 0 Å². The molecule has 0 spiro atoms. The van der Waals surface area contributed by atoms with Crippen molar-refractivity contribution in [3.63, 3.8) is 0 Å². The predicted molar refractivity (Wildman–Crippen MR) is 52.3 cm³/mol. The Bertz CT molecular complexity index is 146. The molecule has 1 aliphatic heterocycles. The molecule has 1 fully saturated rings. The molecule has 0 aromatic rings. The summed E-state index contributed by atoms with van der Waals surface area (Å²) >= 11 is 2.35. The molecule has 1 heterocycles. The Kier molecular flexibility index (Phi) is 4.12. The fourth-order valence-corrected chi connectivity index (χ4v) is 1.59. The minimum absolute atomic E-state index is 0.668. The number of rotatable bonds is 2. The molecule has 0 bridgehead atoms. The fraction of sp³-hybridized carbons (Fsp3) is 0.857. The maximum absolute atomic E-state index is 8.36. The lowest BCUT2D eigenvalue weighted by Gasteiger charge is -2.30. The molecule has 0 N–H and O–H groups in total. The van der Waals surface area contributed by atoms with Crippen LogP contribution in [0, 0.1) is 11.3 Å². The quantitative estimate of drug-likeness (QED) is 0.548. The van der Waals surface area contributed by atoms with Gasteiger partial charge in [-0.1, -0.05) is 0 Å². The molecular weight excluding hydrogens is 253 g/mol. The molecule has 3 nitrogen and oxygen atoms in total. The van der Waals surface area contributed by atoms with E-state index in [1.165, 1.54) is 0 Å². The van der Waals surface area contributed by atoms with Gasteiger partial charge < -0.3 is 0 Å². The molecule has 11 heavy (non-hydrogen) atoms. The van der Waals surface area contributed by atoms with Crippen LogP contribution in [0.3, 0.4) is 0 Å². The van der Waals surface area contributed by atoms with Crippen LogP contribution in [0.1, 0.15) is 6.42 Å². The maximum Gasteiger partial charge on any atom is 0.0635 e. The molecule has 1 aliphatic rings. The van der Waals surface area contributed by atoms with Crippen LogP contribution < -0.4 is 0 Å². The Morgan fingerprint density at radius 1 is 1.27 bits per heavy atom. The molecule has 1 saturated heterocycles. The highest BCUT2D eigenvalue weighted by Gasteiger charge is 2.13. The van der Waals surface area contributed by atoms with Crippen LogP contribution in [0.2, 0.25) is 0 Å². The summed E-state index contributed by atoms with van der Waals surface area (Å²) in [5, 5.41) is 8.36. The lowest BCUT2D eigenvalue weighted by molar-refractivity contribution is 0.210. The first-order chi connectivity index (χ1) is 5.33. The fourth-order valence-electron chi connectivity index (χ4n) is 1.16. The predicted octanol–water partition coefficient (Wildman–Crippen LogP) is 0.868. The Morgan fingerprint density at radius 2 is 1.91 bits per heavy atom. The highest BCUT2D eigenvalue weighted by molar-refractivity contribution is 14.1. The zero-order valence-corrected chi connectivity index (χ0v) is 8.62. The number of nitrogens with zero attached hydrogens (tertiary/aromatic N) is 3. The Morgan fingerprint density at radius 3 is 2.45 bits per heavy atom. The molecule has 0 aromatic heterocycles. The molecule has 0 unspecified atom stereocenters. The van der Waals surface area contributed by atoms with Crippen molar-refractivity contribution in [2.75, 3.05) is 32.7 Å². The number of hydrogen-bond donors (Lipinski definition) is 0. The van der Waals surface area contributed by atoms with Gasteiger partial charge in [-0.15, -0.1) is 0 Å². The van der Waals surface area contributed by atoms with Crippen molar-refractivity contribution in [2.45, 2.75) is 6.42 Å². The van der Waals surface area contributed by atoms with E-state index in [0.717, 1.165) is 32.7 Å². The third kappa shape index (κ3) is 3.36. The molecule has 0 aromatic carbocycles. The van der Waals surface area contributed by atoms with Gasteiger partial charge in [0.15, 0.2) is 0 Å². The van der Waals surface area contributed by atoms with Gasteiger partial charge in [-0.3, -0.25) is 4.90 Å². The van der Waals surface area contributed by atoms with Crippen molar-refractivity contribution in [1.82, 2.24) is 8.01 Å². The van der Waals surface area contributed by atoms with Gasteiger partial charge in [-0.05, 0) is 0 Å². The molecule has 62 valence electrons. The maximum atomic E-state index is 8.36. The monoisotopic (exact) mass is 265 g/mol. The number of piperazine rings is 1. The zero-order chi connectivity index (χ0) is 8.10. The topological polar surface area (TPSA) is 30.3 Å². The second-order valence-corrected chi connectivity index (χ2v) is 4.02. The van der Waals surface area contributed by atoms with E-state index < -0.39 is 0 Å². The van der Waals surface area contributed by atoms with E-state index in [2.05, 4.69) is 36.9 Å². The first-order valence-corrected chi connectivity index (χ1v) is 4.79. The Balaban J connectivity index is 2.13. The first kappa shape index (κ1) is 9.23. The summed E-state index contributed by atoms with van der Waals surface area (Å²) in [6.07, 6.45) is 0.668. The summed E-state index contributed by atoms with van der Waals surface area (Å²) in [4.78, 5) is 2.35. The molecule has 0 atom stereocenters. The van der Waals surface area contributed by atoms with Crippen LogP contribution in [-0.2, 0) is 0 Å². The number of nitriles is 1. The highest BCUT2D eigenvalue weighted by atomic mass is 127. The third-order valence-electron chi connectivity index (χ3n) is 1.86. The largest absolute Gasteiger partial charge is 0.300 e. The standard InChI is InChI=1S/C7H12IN3/c8-11-6-4-10(5-7-11)3-1-2-9/h1,3-7H2. The first-order valence-electron chi connectivity index (χ1n) is 3.83.